The molecule has 16 nitrogen and oxygen atoms in total. The fourth-order valence-electron chi connectivity index (χ4n) is 7.79. The first-order chi connectivity index (χ1) is 31.8. The van der Waals surface area contributed by atoms with Crippen LogP contribution in [0.1, 0.15) is 56.2 Å². The maximum absolute atomic E-state index is 15.5. The molecule has 2 unspecified atom stereocenters. The molecule has 22 heteroatoms. The van der Waals surface area contributed by atoms with E-state index in [4.69, 9.17) is 73.6 Å². The average Bonchev–Trinajstić information content (AvgIpc) is 4.13. The van der Waals surface area contributed by atoms with Gasteiger partial charge in [0, 0.05) is 37.3 Å². The molecule has 1 saturated heterocycles. The van der Waals surface area contributed by atoms with Gasteiger partial charge in [-0.15, -0.1) is 0 Å². The Hall–Kier alpha value is -4.73. The normalized spacial score (nSPS) is 17.4. The summed E-state index contributed by atoms with van der Waals surface area (Å²) in [4.78, 5) is 52.7. The fraction of sp³-hybridized carbons (Fsp3) is 0.489. The van der Waals surface area contributed by atoms with Crippen LogP contribution in [-0.2, 0) is 36.8 Å². The molecule has 2 atom stereocenters. The van der Waals surface area contributed by atoms with Crippen LogP contribution in [0.4, 0.5) is 22.8 Å². The van der Waals surface area contributed by atoms with Gasteiger partial charge in [-0.1, -0.05) is 59.1 Å². The van der Waals surface area contributed by atoms with E-state index in [-0.39, 0.29) is 70.7 Å². The number of nitrogens with zero attached hydrogens (tertiary/aromatic N) is 4. The Morgan fingerprint density at radius 2 is 1.48 bits per heavy atom. The van der Waals surface area contributed by atoms with Crippen LogP contribution in [0.15, 0.2) is 60.2 Å². The van der Waals surface area contributed by atoms with Crippen LogP contribution in [0.5, 0.6) is 17.2 Å². The minimum absolute atomic E-state index is 0.0400. The number of aryl methyl sites for hydroxylation is 1. The summed E-state index contributed by atoms with van der Waals surface area (Å²) in [5.74, 6) is -3.79. The Morgan fingerprint density at radius 1 is 0.821 bits per heavy atom. The summed E-state index contributed by atoms with van der Waals surface area (Å²) in [6, 6.07) is 12.1. The summed E-state index contributed by atoms with van der Waals surface area (Å²) in [6.45, 7) is 2.22. The molecule has 0 spiro atoms. The third kappa shape index (κ3) is 13.1. The van der Waals surface area contributed by atoms with E-state index in [0.717, 1.165) is 17.2 Å². The molecule has 67 heavy (non-hydrogen) atoms. The van der Waals surface area contributed by atoms with Crippen molar-refractivity contribution in [3.8, 4) is 17.2 Å². The largest absolute Gasteiger partial charge is 0.497 e. The molecule has 1 saturated carbocycles. The van der Waals surface area contributed by atoms with Crippen LogP contribution >= 0.6 is 34.8 Å². The molecule has 3 aliphatic rings. The SMILES string of the molecule is COc1cc(CN(C(=O)C2=C(c3ccc(CCCOc4c(F)ccc(F)c4F)cc3)CC3CN(C(=O)OCCOCCON(O)O)CC2N3C(=O)OC(C)(C)C(Cl)(Cl)Cl)C2CC2)cc(OC)c1. The summed E-state index contributed by atoms with van der Waals surface area (Å²) in [5, 5.41) is 17.0. The molecule has 3 aromatic carbocycles. The van der Waals surface area contributed by atoms with Crippen molar-refractivity contribution in [2.24, 2.45) is 0 Å². The molecule has 1 aliphatic carbocycles. The van der Waals surface area contributed by atoms with Crippen LogP contribution in [0.3, 0.4) is 0 Å². The number of alkyl halides is 3. The Bertz CT molecular complexity index is 2240. The van der Waals surface area contributed by atoms with Crippen LogP contribution < -0.4 is 14.2 Å². The van der Waals surface area contributed by atoms with E-state index >= 15 is 4.79 Å². The molecule has 6 rings (SSSR count). The summed E-state index contributed by atoms with van der Waals surface area (Å²) in [7, 11) is 3.05. The minimum atomic E-state index is -2.05. The number of methoxy groups -OCH3 is 2. The van der Waals surface area contributed by atoms with Crippen molar-refractivity contribution in [1.82, 2.24) is 20.1 Å². The lowest BCUT2D eigenvalue weighted by molar-refractivity contribution is -0.493. The lowest BCUT2D eigenvalue weighted by Gasteiger charge is -2.51. The van der Waals surface area contributed by atoms with E-state index in [1.54, 1.807) is 23.1 Å². The predicted octanol–water partition coefficient (Wildman–Crippen LogP) is 8.29. The third-order valence-electron chi connectivity index (χ3n) is 11.4. The van der Waals surface area contributed by atoms with E-state index in [1.807, 2.05) is 24.3 Å². The molecule has 3 amide bonds. The highest BCUT2D eigenvalue weighted by atomic mass is 35.6. The van der Waals surface area contributed by atoms with E-state index in [1.165, 1.54) is 37.9 Å². The average molecular weight is 1000 g/mol. The van der Waals surface area contributed by atoms with Gasteiger partial charge in [0.15, 0.2) is 23.0 Å². The third-order valence-corrected chi connectivity index (χ3v) is 12.8. The highest BCUT2D eigenvalue weighted by molar-refractivity contribution is 6.68. The number of piperazine rings is 1. The van der Waals surface area contributed by atoms with E-state index in [9.17, 15) is 22.8 Å². The van der Waals surface area contributed by atoms with Gasteiger partial charge in [0.05, 0.1) is 58.1 Å². The van der Waals surface area contributed by atoms with Gasteiger partial charge in [-0.3, -0.25) is 20.1 Å². The first-order valence-electron chi connectivity index (χ1n) is 21.3. The van der Waals surface area contributed by atoms with Gasteiger partial charge in [0.25, 0.3) is 5.91 Å². The summed E-state index contributed by atoms with van der Waals surface area (Å²) in [6.07, 6.45) is 0.639. The molecular formula is C45H52Cl3F3N4O12. The molecule has 2 bridgehead atoms. The van der Waals surface area contributed by atoms with E-state index in [0.29, 0.717) is 54.4 Å². The molecule has 2 aliphatic heterocycles. The number of carbonyl (C=O) groups is 3. The predicted molar refractivity (Wildman–Crippen MR) is 237 cm³/mol. The van der Waals surface area contributed by atoms with Gasteiger partial charge in [0.2, 0.25) is 9.61 Å². The lowest BCUT2D eigenvalue weighted by atomic mass is 9.81. The topological polar surface area (TPSA) is 169 Å². The Kier molecular flexibility index (Phi) is 17.4. The summed E-state index contributed by atoms with van der Waals surface area (Å²) < 4.78 is 73.0. The van der Waals surface area contributed by atoms with Gasteiger partial charge in [-0.25, -0.2) is 23.2 Å². The second kappa shape index (κ2) is 22.6. The number of benzene rings is 3. The quantitative estimate of drug-likeness (QED) is 0.0481. The van der Waals surface area contributed by atoms with Crippen molar-refractivity contribution in [2.75, 3.05) is 60.3 Å². The molecule has 2 N–H and O–H groups in total. The molecular weight excluding hydrogens is 952 g/mol. The number of ether oxygens (including phenoxy) is 6. The lowest BCUT2D eigenvalue weighted by Crippen LogP contribution is -2.66. The first kappa shape index (κ1) is 51.7. The van der Waals surface area contributed by atoms with Crippen molar-refractivity contribution in [3.05, 3.63) is 94.3 Å². The van der Waals surface area contributed by atoms with Crippen LogP contribution in [0, 0.1) is 17.5 Å². The number of halogens is 6. The summed E-state index contributed by atoms with van der Waals surface area (Å²) >= 11 is 18.8. The Balaban J connectivity index is 1.34. The van der Waals surface area contributed by atoms with Gasteiger partial charge in [-0.05, 0) is 92.5 Å². The van der Waals surface area contributed by atoms with Gasteiger partial charge < -0.3 is 38.2 Å². The van der Waals surface area contributed by atoms with Crippen molar-refractivity contribution in [2.45, 2.75) is 80.0 Å². The number of fused-ring (bicyclic) bond motifs is 2. The monoisotopic (exact) mass is 1000 g/mol. The number of carbonyl (C=O) groups excluding carboxylic acids is 3. The smallest absolute Gasteiger partial charge is 0.411 e. The first-order valence-corrected chi connectivity index (χ1v) is 22.4. The van der Waals surface area contributed by atoms with Crippen LogP contribution in [0.25, 0.3) is 5.57 Å². The van der Waals surface area contributed by atoms with E-state index in [2.05, 4.69) is 4.84 Å². The number of hydrogen-bond donors (Lipinski definition) is 2. The maximum Gasteiger partial charge on any atom is 0.411 e. The molecule has 2 fully saturated rings. The molecule has 0 aromatic heterocycles. The molecule has 2 heterocycles. The van der Waals surface area contributed by atoms with Crippen molar-refractivity contribution >= 4 is 58.5 Å². The van der Waals surface area contributed by atoms with Crippen LogP contribution in [-0.4, -0.2) is 136 Å². The summed E-state index contributed by atoms with van der Waals surface area (Å²) in [5.41, 5.74) is 1.43. The minimum Gasteiger partial charge on any atom is -0.497 e. The second-order valence-electron chi connectivity index (χ2n) is 16.5. The highest BCUT2D eigenvalue weighted by Crippen LogP contribution is 2.45. The fourth-order valence-corrected chi connectivity index (χ4v) is 7.91. The zero-order chi connectivity index (χ0) is 48.6. The van der Waals surface area contributed by atoms with Gasteiger partial charge >= 0.3 is 12.2 Å². The van der Waals surface area contributed by atoms with Crippen molar-refractivity contribution in [3.63, 3.8) is 0 Å². The maximum atomic E-state index is 15.5. The Labute approximate surface area is 400 Å². The standard InChI is InChI=1S/C45H52Cl3F3N4O12/c1-44(2,45(46,47)48)67-43(58)54-31-22-34(29-9-7-27(8-10-29)6-5-15-64-40-36(50)14-13-35(49)39(40)51)38(37(54)26-52(25-31)42(57)65-18-16-63-17-19-66-55(59)60)41(56)53(30-11-12-30)24-28-20-32(61-3)23-33(21-28)62-4/h7-10,13-14,20-21,23,30-31,37,59-60H,5-6,11-12,15-19,22,24-26H2,1-4H3. The van der Waals surface area contributed by atoms with Gasteiger partial charge in [0.1, 0.15) is 18.1 Å². The van der Waals surface area contributed by atoms with Crippen molar-refractivity contribution in [1.29, 1.82) is 0 Å². The second-order valence-corrected chi connectivity index (χ2v) is 18.8. The number of hydrogen-bond acceptors (Lipinski definition) is 13. The highest BCUT2D eigenvalue weighted by Gasteiger charge is 2.52. The molecule has 0 radical (unpaired) electrons. The number of amides is 3. The van der Waals surface area contributed by atoms with Gasteiger partial charge in [-0.2, -0.15) is 4.39 Å². The zero-order valence-corrected chi connectivity index (χ0v) is 39.4. The molecule has 366 valence electrons. The van der Waals surface area contributed by atoms with E-state index < -0.39 is 68.2 Å². The molecule has 3 aromatic rings. The van der Waals surface area contributed by atoms with Crippen LogP contribution in [0.2, 0.25) is 0 Å². The Morgan fingerprint density at radius 3 is 2.10 bits per heavy atom. The van der Waals surface area contributed by atoms with Crippen molar-refractivity contribution < 1.29 is 71.2 Å². The zero-order valence-electron chi connectivity index (χ0n) is 37.2. The number of rotatable bonds is 20.